The average Bonchev–Trinajstić information content (AvgIpc) is 3.10. The zero-order chi connectivity index (χ0) is 13.9. The molecule has 9 nitrogen and oxygen atoms in total. The summed E-state index contributed by atoms with van der Waals surface area (Å²) in [5.74, 6) is 0.872. The molecule has 0 atom stereocenters. The number of carbonyl (C=O) groups is 1. The number of aryl methyl sites for hydroxylation is 1. The first-order valence-electron chi connectivity index (χ1n) is 5.74. The topological polar surface area (TPSA) is 114 Å². The van der Waals surface area contributed by atoms with Gasteiger partial charge in [0.25, 0.3) is 5.91 Å². The molecule has 3 rings (SSSR count). The van der Waals surface area contributed by atoms with E-state index in [9.17, 15) is 4.79 Å². The third kappa shape index (κ3) is 2.36. The fourth-order valence-corrected chi connectivity index (χ4v) is 1.55. The average molecular weight is 270 g/mol. The molecule has 0 bridgehead atoms. The molecule has 0 saturated carbocycles. The van der Waals surface area contributed by atoms with Crippen molar-refractivity contribution in [2.24, 2.45) is 0 Å². The van der Waals surface area contributed by atoms with E-state index < -0.39 is 5.91 Å². The number of anilines is 1. The van der Waals surface area contributed by atoms with Crippen LogP contribution in [0, 0.1) is 6.92 Å². The number of hydrogen-bond acceptors (Lipinski definition) is 6. The Morgan fingerprint density at radius 3 is 2.90 bits per heavy atom. The van der Waals surface area contributed by atoms with Crippen LogP contribution in [0.4, 0.5) is 5.69 Å². The number of nitrogens with zero attached hydrogens (tertiary/aromatic N) is 6. The van der Waals surface area contributed by atoms with Crippen LogP contribution in [0.1, 0.15) is 16.4 Å². The lowest BCUT2D eigenvalue weighted by atomic mass is 10.4. The predicted molar refractivity (Wildman–Crippen MR) is 68.2 cm³/mol. The van der Waals surface area contributed by atoms with Gasteiger partial charge in [-0.3, -0.25) is 9.89 Å². The highest BCUT2D eigenvalue weighted by Gasteiger charge is 2.11. The fraction of sp³-hybridized carbons (Fsp3) is 0.0909. The molecule has 0 fully saturated rings. The molecule has 0 spiro atoms. The molecule has 1 amide bonds. The van der Waals surface area contributed by atoms with Gasteiger partial charge in [0.15, 0.2) is 5.82 Å². The molecule has 3 aromatic heterocycles. The van der Waals surface area contributed by atoms with Crippen LogP contribution in [0.5, 0.6) is 0 Å². The van der Waals surface area contributed by atoms with Gasteiger partial charge in [0, 0.05) is 0 Å². The highest BCUT2D eigenvalue weighted by molar-refractivity contribution is 6.01. The van der Waals surface area contributed by atoms with Crippen molar-refractivity contribution in [3.63, 3.8) is 0 Å². The lowest BCUT2D eigenvalue weighted by molar-refractivity contribution is 0.101. The van der Waals surface area contributed by atoms with Crippen LogP contribution in [0.2, 0.25) is 0 Å². The Kier molecular flexibility index (Phi) is 2.92. The number of pyridine rings is 1. The number of amides is 1. The monoisotopic (exact) mass is 270 g/mol. The summed E-state index contributed by atoms with van der Waals surface area (Å²) < 4.78 is 1.52. The molecule has 0 unspecified atom stereocenters. The summed E-state index contributed by atoms with van der Waals surface area (Å²) >= 11 is 0. The normalized spacial score (nSPS) is 10.4. The van der Waals surface area contributed by atoms with Crippen molar-refractivity contribution in [1.29, 1.82) is 0 Å². The zero-order valence-electron chi connectivity index (χ0n) is 10.5. The molecule has 0 aliphatic rings. The number of H-pyrrole nitrogens is 1. The van der Waals surface area contributed by atoms with Crippen LogP contribution < -0.4 is 5.32 Å². The second kappa shape index (κ2) is 4.88. The van der Waals surface area contributed by atoms with Gasteiger partial charge in [0.2, 0.25) is 5.82 Å². The molecule has 2 N–H and O–H groups in total. The molecule has 3 aromatic rings. The minimum absolute atomic E-state index is 0.0860. The third-order valence-corrected chi connectivity index (χ3v) is 2.46. The van der Waals surface area contributed by atoms with Crippen LogP contribution in [0.3, 0.4) is 0 Å². The van der Waals surface area contributed by atoms with E-state index >= 15 is 0 Å². The van der Waals surface area contributed by atoms with Crippen LogP contribution in [0.25, 0.3) is 5.82 Å². The van der Waals surface area contributed by atoms with Gasteiger partial charge < -0.3 is 5.32 Å². The van der Waals surface area contributed by atoms with Crippen molar-refractivity contribution >= 4 is 11.6 Å². The summed E-state index contributed by atoms with van der Waals surface area (Å²) in [6.07, 6.45) is 4.48. The minimum Gasteiger partial charge on any atom is -0.318 e. The van der Waals surface area contributed by atoms with Gasteiger partial charge >= 0.3 is 0 Å². The minimum atomic E-state index is -0.398. The summed E-state index contributed by atoms with van der Waals surface area (Å²) in [7, 11) is 0. The Bertz CT molecular complexity index is 715. The van der Waals surface area contributed by atoms with E-state index in [1.54, 1.807) is 19.1 Å². The molecule has 0 radical (unpaired) electrons. The molecule has 20 heavy (non-hydrogen) atoms. The van der Waals surface area contributed by atoms with Gasteiger partial charge in [-0.1, -0.05) is 0 Å². The predicted octanol–water partition coefficient (Wildman–Crippen LogP) is 0.341. The number of hydrogen-bond donors (Lipinski definition) is 2. The Labute approximate surface area is 113 Å². The molecule has 0 aromatic carbocycles. The fourth-order valence-electron chi connectivity index (χ4n) is 1.55. The lowest BCUT2D eigenvalue weighted by Gasteiger charge is -2.03. The maximum Gasteiger partial charge on any atom is 0.295 e. The molecule has 3 heterocycles. The summed E-state index contributed by atoms with van der Waals surface area (Å²) in [5, 5.41) is 13.0. The van der Waals surface area contributed by atoms with E-state index in [0.29, 0.717) is 17.3 Å². The molecule has 0 aliphatic carbocycles. The van der Waals surface area contributed by atoms with E-state index in [2.05, 4.69) is 35.6 Å². The molecular weight excluding hydrogens is 260 g/mol. The SMILES string of the molecule is Cc1nc(C(=O)Nc2ccc(-n3cncn3)nc2)n[nH]1. The highest BCUT2D eigenvalue weighted by Crippen LogP contribution is 2.09. The zero-order valence-corrected chi connectivity index (χ0v) is 10.5. The first-order chi connectivity index (χ1) is 9.72. The van der Waals surface area contributed by atoms with Gasteiger partial charge in [-0.05, 0) is 19.1 Å². The van der Waals surface area contributed by atoms with Crippen molar-refractivity contribution in [2.75, 3.05) is 5.32 Å². The summed E-state index contributed by atoms with van der Waals surface area (Å²) in [4.78, 5) is 23.8. The Hall–Kier alpha value is -3.10. The smallest absolute Gasteiger partial charge is 0.295 e. The van der Waals surface area contributed by atoms with Gasteiger partial charge in [0.1, 0.15) is 18.5 Å². The summed E-state index contributed by atoms with van der Waals surface area (Å²) in [5.41, 5.74) is 0.543. The number of aromatic nitrogens is 7. The molecular formula is C11H10N8O. The maximum atomic E-state index is 11.8. The first-order valence-corrected chi connectivity index (χ1v) is 5.74. The second-order valence-electron chi connectivity index (χ2n) is 3.94. The van der Waals surface area contributed by atoms with Gasteiger partial charge in [0.05, 0.1) is 11.9 Å². The third-order valence-electron chi connectivity index (χ3n) is 2.46. The van der Waals surface area contributed by atoms with Crippen molar-refractivity contribution in [3.05, 3.63) is 42.6 Å². The Balaban J connectivity index is 1.74. The number of nitrogens with one attached hydrogen (secondary N) is 2. The molecule has 9 heteroatoms. The van der Waals surface area contributed by atoms with Crippen molar-refractivity contribution < 1.29 is 4.79 Å². The van der Waals surface area contributed by atoms with Crippen LogP contribution in [-0.2, 0) is 0 Å². The summed E-state index contributed by atoms with van der Waals surface area (Å²) in [6.45, 7) is 1.72. The second-order valence-corrected chi connectivity index (χ2v) is 3.94. The van der Waals surface area contributed by atoms with Crippen LogP contribution in [0.15, 0.2) is 31.0 Å². The van der Waals surface area contributed by atoms with Gasteiger partial charge in [-0.2, -0.15) is 5.10 Å². The van der Waals surface area contributed by atoms with E-state index in [1.807, 2.05) is 0 Å². The summed E-state index contributed by atoms with van der Waals surface area (Å²) in [6, 6.07) is 3.43. The number of aromatic amines is 1. The van der Waals surface area contributed by atoms with Gasteiger partial charge in [-0.25, -0.2) is 19.6 Å². The van der Waals surface area contributed by atoms with Crippen molar-refractivity contribution in [3.8, 4) is 5.82 Å². The van der Waals surface area contributed by atoms with Crippen LogP contribution >= 0.6 is 0 Å². The van der Waals surface area contributed by atoms with E-state index in [-0.39, 0.29) is 5.82 Å². The van der Waals surface area contributed by atoms with Gasteiger partial charge in [-0.15, -0.1) is 5.10 Å². The van der Waals surface area contributed by atoms with Crippen molar-refractivity contribution in [2.45, 2.75) is 6.92 Å². The first kappa shape index (κ1) is 12.0. The Morgan fingerprint density at radius 2 is 2.30 bits per heavy atom. The maximum absolute atomic E-state index is 11.8. The standard InChI is InChI=1S/C11H10N8O/c1-7-15-10(18-17-7)11(20)16-8-2-3-9(13-4-8)19-6-12-5-14-19/h2-6H,1H3,(H,16,20)(H,15,17,18). The van der Waals surface area contributed by atoms with E-state index in [1.165, 1.54) is 23.5 Å². The number of carbonyl (C=O) groups excluding carboxylic acids is 1. The van der Waals surface area contributed by atoms with Crippen LogP contribution in [-0.4, -0.2) is 40.8 Å². The molecule has 0 saturated heterocycles. The van der Waals surface area contributed by atoms with Crippen molar-refractivity contribution in [1.82, 2.24) is 34.9 Å². The van der Waals surface area contributed by atoms with E-state index in [4.69, 9.17) is 0 Å². The van der Waals surface area contributed by atoms with E-state index in [0.717, 1.165) is 0 Å². The molecule has 0 aliphatic heterocycles. The Morgan fingerprint density at radius 1 is 1.40 bits per heavy atom. The molecule has 100 valence electrons. The number of rotatable bonds is 3. The largest absolute Gasteiger partial charge is 0.318 e. The quantitative estimate of drug-likeness (QED) is 0.709. The lowest BCUT2D eigenvalue weighted by Crippen LogP contribution is -2.14. The highest BCUT2D eigenvalue weighted by atomic mass is 16.2.